The second kappa shape index (κ2) is 22.1. The molecule has 442 valence electrons. The molecule has 0 radical (unpaired) electrons. The summed E-state index contributed by atoms with van der Waals surface area (Å²) in [6, 6.07) is 72.7. The van der Waals surface area contributed by atoms with Crippen LogP contribution in [0.1, 0.15) is 128 Å². The van der Waals surface area contributed by atoms with Crippen molar-refractivity contribution in [1.29, 1.82) is 0 Å². The third-order valence-corrected chi connectivity index (χ3v) is 18.3. The van der Waals surface area contributed by atoms with Crippen LogP contribution in [0.5, 0.6) is 0 Å². The first kappa shape index (κ1) is 59.5. The topological polar surface area (TPSA) is 6.48 Å². The number of para-hydroxylation sites is 2. The standard InChI is InChI=1S/C84H82F2N2/c1-51-19-17-20-52(2)77(51)87(79-69(57-27-39-65(40-28-57)83(11,12)13)47-61(49-71(79)85)55-23-35-63(36-24-55)81(5,6)7)73-45-33-59-32-44-68-74(46-34-60-31-43-67(73)75(59)76(60)68)88(78-53(3)21-18-22-54(78)4)80-70(58-29-41-66(42-30-58)84(14,15)16)48-62(50-72(80)86)56-25-37-64(38-26-56)82(8,9)10/h17-50H,1-16H3. The van der Waals surface area contributed by atoms with E-state index in [0.29, 0.717) is 11.4 Å². The minimum Gasteiger partial charge on any atom is -0.306 e. The normalized spacial score (nSPS) is 12.4. The van der Waals surface area contributed by atoms with Crippen molar-refractivity contribution in [3.63, 3.8) is 0 Å². The van der Waals surface area contributed by atoms with Crippen LogP contribution in [0.15, 0.2) is 206 Å². The van der Waals surface area contributed by atoms with Gasteiger partial charge in [0.05, 0.1) is 34.1 Å². The molecule has 0 saturated heterocycles. The quantitative estimate of drug-likeness (QED) is 0.126. The number of hydrogen-bond acceptors (Lipinski definition) is 2. The molecule has 4 heteroatoms. The molecule has 0 spiro atoms. The molecule has 12 rings (SSSR count). The van der Waals surface area contributed by atoms with Crippen molar-refractivity contribution in [2.45, 2.75) is 132 Å². The van der Waals surface area contributed by atoms with Gasteiger partial charge < -0.3 is 9.80 Å². The smallest absolute Gasteiger partial charge is 0.148 e. The molecule has 0 aromatic heterocycles. The number of halogens is 2. The maximum atomic E-state index is 18.6. The van der Waals surface area contributed by atoms with Crippen LogP contribution in [0.4, 0.5) is 42.9 Å². The van der Waals surface area contributed by atoms with Gasteiger partial charge in [-0.25, -0.2) is 8.78 Å². The van der Waals surface area contributed by atoms with Gasteiger partial charge in [-0.15, -0.1) is 0 Å². The van der Waals surface area contributed by atoms with Crippen LogP contribution in [-0.4, -0.2) is 0 Å². The Morgan fingerprint density at radius 1 is 0.273 bits per heavy atom. The third kappa shape index (κ3) is 10.8. The predicted molar refractivity (Wildman–Crippen MR) is 375 cm³/mol. The first-order valence-electron chi connectivity index (χ1n) is 31.2. The molecule has 0 aliphatic carbocycles. The van der Waals surface area contributed by atoms with Crippen molar-refractivity contribution < 1.29 is 8.78 Å². The largest absolute Gasteiger partial charge is 0.306 e. The molecule has 0 saturated carbocycles. The molecule has 0 amide bonds. The molecule has 12 aromatic rings. The summed E-state index contributed by atoms with van der Waals surface area (Å²) in [5.41, 5.74) is 20.1. The van der Waals surface area contributed by atoms with Crippen LogP contribution in [-0.2, 0) is 21.7 Å². The fourth-order valence-corrected chi connectivity index (χ4v) is 13.2. The van der Waals surface area contributed by atoms with Crippen molar-refractivity contribution >= 4 is 66.4 Å². The van der Waals surface area contributed by atoms with Gasteiger partial charge in [-0.3, -0.25) is 0 Å². The summed E-state index contributed by atoms with van der Waals surface area (Å²) in [4.78, 5) is 4.39. The van der Waals surface area contributed by atoms with E-state index in [1.807, 2.05) is 0 Å². The third-order valence-electron chi connectivity index (χ3n) is 18.3. The fraction of sp³-hybridized carbons (Fsp3) is 0.238. The summed E-state index contributed by atoms with van der Waals surface area (Å²) in [6.45, 7) is 35.2. The SMILES string of the molecule is Cc1cccc(C)c1N(c1c(F)cc(-c2ccc(C(C)(C)C)cc2)cc1-c1ccc(C(C)(C)C)cc1)c1ccc2ccc3c(N(c4c(C)cccc4C)c4c(F)cc(-c5ccc(C(C)(C)C)cc5)cc4-c4ccc(C(C)(C)C)cc4)ccc4ccc1c2c43. The first-order chi connectivity index (χ1) is 41.6. The van der Waals surface area contributed by atoms with E-state index in [4.69, 9.17) is 0 Å². The van der Waals surface area contributed by atoms with Gasteiger partial charge in [0.2, 0.25) is 0 Å². The van der Waals surface area contributed by atoms with E-state index in [1.165, 1.54) is 22.3 Å². The number of nitrogens with zero attached hydrogens (tertiary/aromatic N) is 2. The van der Waals surface area contributed by atoms with Crippen molar-refractivity contribution in [3.8, 4) is 44.5 Å². The van der Waals surface area contributed by atoms with Crippen LogP contribution in [0.2, 0.25) is 0 Å². The lowest BCUT2D eigenvalue weighted by molar-refractivity contribution is 0.590. The molecule has 12 aromatic carbocycles. The summed E-state index contributed by atoms with van der Waals surface area (Å²) in [7, 11) is 0. The highest BCUT2D eigenvalue weighted by molar-refractivity contribution is 6.28. The van der Waals surface area contributed by atoms with Gasteiger partial charge in [0, 0.05) is 21.9 Å². The molecule has 0 aliphatic rings. The summed E-state index contributed by atoms with van der Waals surface area (Å²) >= 11 is 0. The molecule has 0 unspecified atom stereocenters. The monoisotopic (exact) mass is 1160 g/mol. The minimum absolute atomic E-state index is 0.0333. The van der Waals surface area contributed by atoms with E-state index in [-0.39, 0.29) is 33.3 Å². The summed E-state index contributed by atoms with van der Waals surface area (Å²) in [5, 5.41) is 6.13. The Kier molecular flexibility index (Phi) is 14.9. The minimum atomic E-state index is -0.328. The number of aryl methyl sites for hydroxylation is 4. The molecule has 88 heavy (non-hydrogen) atoms. The second-order valence-electron chi connectivity index (χ2n) is 28.8. The van der Waals surface area contributed by atoms with E-state index in [9.17, 15) is 0 Å². The average Bonchev–Trinajstić information content (AvgIpc) is 0.730. The van der Waals surface area contributed by atoms with E-state index < -0.39 is 0 Å². The zero-order valence-corrected chi connectivity index (χ0v) is 54.3. The molecular weight excluding hydrogens is 1070 g/mol. The van der Waals surface area contributed by atoms with Gasteiger partial charge in [-0.05, 0) is 185 Å². The lowest BCUT2D eigenvalue weighted by Gasteiger charge is -2.33. The lowest BCUT2D eigenvalue weighted by atomic mass is 9.85. The van der Waals surface area contributed by atoms with E-state index >= 15 is 8.78 Å². The van der Waals surface area contributed by atoms with Crippen LogP contribution >= 0.6 is 0 Å². The Morgan fingerprint density at radius 2 is 0.545 bits per heavy atom. The average molecular weight is 1160 g/mol. The Balaban J connectivity index is 1.13. The second-order valence-corrected chi connectivity index (χ2v) is 28.8. The maximum Gasteiger partial charge on any atom is 0.148 e. The fourth-order valence-electron chi connectivity index (χ4n) is 13.2. The number of rotatable bonds is 10. The number of benzene rings is 12. The number of hydrogen-bond donors (Lipinski definition) is 0. The van der Waals surface area contributed by atoms with Crippen LogP contribution in [0, 0.1) is 39.3 Å². The lowest BCUT2D eigenvalue weighted by Crippen LogP contribution is -2.17. The first-order valence-corrected chi connectivity index (χ1v) is 31.2. The van der Waals surface area contributed by atoms with Crippen molar-refractivity contribution in [2.24, 2.45) is 0 Å². The van der Waals surface area contributed by atoms with Crippen molar-refractivity contribution in [1.82, 2.24) is 0 Å². The van der Waals surface area contributed by atoms with Gasteiger partial charge in [-0.2, -0.15) is 0 Å². The van der Waals surface area contributed by atoms with Gasteiger partial charge in [0.25, 0.3) is 0 Å². The van der Waals surface area contributed by atoms with Gasteiger partial charge in [0.1, 0.15) is 11.6 Å². The van der Waals surface area contributed by atoms with Gasteiger partial charge in [0.15, 0.2) is 0 Å². The molecule has 0 atom stereocenters. The highest BCUT2D eigenvalue weighted by atomic mass is 19.1. The summed E-state index contributed by atoms with van der Waals surface area (Å²) < 4.78 is 37.2. The van der Waals surface area contributed by atoms with E-state index in [0.717, 1.165) is 122 Å². The van der Waals surface area contributed by atoms with Crippen molar-refractivity contribution in [2.75, 3.05) is 9.80 Å². The van der Waals surface area contributed by atoms with E-state index in [2.05, 4.69) is 315 Å². The van der Waals surface area contributed by atoms with E-state index in [1.54, 1.807) is 12.1 Å². The van der Waals surface area contributed by atoms with Gasteiger partial charge in [-0.1, -0.05) is 253 Å². The number of anilines is 6. The predicted octanol–water partition coefficient (Wildman–Crippen LogP) is 24.9. The zero-order valence-electron chi connectivity index (χ0n) is 54.3. The zero-order chi connectivity index (χ0) is 62.5. The summed E-state index contributed by atoms with van der Waals surface area (Å²) in [5.74, 6) is -0.656. The molecule has 0 heterocycles. The Hall–Kier alpha value is -8.86. The summed E-state index contributed by atoms with van der Waals surface area (Å²) in [6.07, 6.45) is 0. The van der Waals surface area contributed by atoms with Gasteiger partial charge >= 0.3 is 0 Å². The maximum absolute atomic E-state index is 18.6. The highest BCUT2D eigenvalue weighted by Crippen LogP contribution is 2.54. The molecule has 2 nitrogen and oxygen atoms in total. The Labute approximate surface area is 521 Å². The highest BCUT2D eigenvalue weighted by Gasteiger charge is 2.31. The Bertz CT molecular complexity index is 4280. The Morgan fingerprint density at radius 3 is 0.830 bits per heavy atom. The molecule has 0 aliphatic heterocycles. The van der Waals surface area contributed by atoms with Crippen LogP contribution < -0.4 is 9.80 Å². The van der Waals surface area contributed by atoms with Crippen molar-refractivity contribution in [3.05, 3.63) is 262 Å². The van der Waals surface area contributed by atoms with Crippen LogP contribution in [0.3, 0.4) is 0 Å². The van der Waals surface area contributed by atoms with Crippen LogP contribution in [0.25, 0.3) is 76.8 Å². The molecule has 0 N–H and O–H groups in total. The molecule has 0 bridgehead atoms. The molecule has 0 fully saturated rings. The molecular formula is C84H82F2N2.